The first-order valence-corrected chi connectivity index (χ1v) is 7.10. The molecule has 5 heteroatoms. The molecule has 0 atom stereocenters. The van der Waals surface area contributed by atoms with Gasteiger partial charge in [-0.3, -0.25) is 9.78 Å². The van der Waals surface area contributed by atoms with E-state index in [2.05, 4.69) is 21.7 Å². The van der Waals surface area contributed by atoms with Gasteiger partial charge in [0, 0.05) is 24.1 Å². The lowest BCUT2D eigenvalue weighted by Crippen LogP contribution is -2.28. The average Bonchev–Trinajstić information content (AvgIpc) is 2.53. The van der Waals surface area contributed by atoms with Crippen molar-refractivity contribution in [2.45, 2.75) is 13.8 Å². The van der Waals surface area contributed by atoms with E-state index >= 15 is 0 Å². The molecule has 2 N–H and O–H groups in total. The number of carbonyl (C=O) groups is 1. The molecule has 0 fully saturated rings. The molecule has 1 aromatic heterocycles. The third kappa shape index (κ3) is 4.32. The van der Waals surface area contributed by atoms with Crippen molar-refractivity contribution < 1.29 is 4.79 Å². The maximum absolute atomic E-state index is 12.0. The Kier molecular flexibility index (Phi) is 5.10. The number of hydrogen-bond donors (Lipinski definition) is 2. The maximum Gasteiger partial charge on any atom is 0.269 e. The minimum Gasteiger partial charge on any atom is -0.355 e. The van der Waals surface area contributed by atoms with Crippen molar-refractivity contribution in [3.63, 3.8) is 0 Å². The second-order valence-corrected chi connectivity index (χ2v) is 5.35. The predicted molar refractivity (Wildman–Crippen MR) is 85.8 cm³/mol. The summed E-state index contributed by atoms with van der Waals surface area (Å²) in [5.74, 6) is 0.196. The molecule has 0 aliphatic heterocycles. The van der Waals surface area contributed by atoms with Gasteiger partial charge in [-0.2, -0.15) is 5.26 Å². The van der Waals surface area contributed by atoms with Crippen LogP contribution in [0.3, 0.4) is 0 Å². The van der Waals surface area contributed by atoms with E-state index in [0.29, 0.717) is 23.7 Å². The van der Waals surface area contributed by atoms with Gasteiger partial charge in [0.05, 0.1) is 11.6 Å². The molecule has 0 saturated carbocycles. The van der Waals surface area contributed by atoms with Gasteiger partial charge in [-0.05, 0) is 36.2 Å². The molecule has 0 radical (unpaired) electrons. The Morgan fingerprint density at radius 1 is 1.27 bits per heavy atom. The topological polar surface area (TPSA) is 77.8 Å². The van der Waals surface area contributed by atoms with Crippen molar-refractivity contribution >= 4 is 17.3 Å². The van der Waals surface area contributed by atoms with Gasteiger partial charge >= 0.3 is 0 Å². The van der Waals surface area contributed by atoms with Crippen molar-refractivity contribution in [1.29, 1.82) is 5.26 Å². The molecule has 0 aliphatic carbocycles. The van der Waals surface area contributed by atoms with Gasteiger partial charge in [-0.1, -0.05) is 19.9 Å². The summed E-state index contributed by atoms with van der Waals surface area (Å²) in [7, 11) is 0. The molecule has 1 heterocycles. The Morgan fingerprint density at radius 2 is 2.05 bits per heavy atom. The van der Waals surface area contributed by atoms with Crippen LogP contribution in [0.15, 0.2) is 42.6 Å². The van der Waals surface area contributed by atoms with Crippen molar-refractivity contribution in [3.8, 4) is 6.07 Å². The molecule has 5 nitrogen and oxygen atoms in total. The highest BCUT2D eigenvalue weighted by Gasteiger charge is 2.08. The van der Waals surface area contributed by atoms with Crippen LogP contribution in [0.4, 0.5) is 11.4 Å². The van der Waals surface area contributed by atoms with Crippen LogP contribution >= 0.6 is 0 Å². The molecule has 2 aromatic rings. The summed E-state index contributed by atoms with van der Waals surface area (Å²) in [6.07, 6.45) is 1.58. The fourth-order valence-corrected chi connectivity index (χ4v) is 1.85. The van der Waals surface area contributed by atoms with Crippen LogP contribution < -0.4 is 10.6 Å². The van der Waals surface area contributed by atoms with E-state index in [0.717, 1.165) is 11.4 Å². The number of hydrogen-bond acceptors (Lipinski definition) is 4. The molecule has 0 bridgehead atoms. The van der Waals surface area contributed by atoms with Crippen LogP contribution in [0.2, 0.25) is 0 Å². The van der Waals surface area contributed by atoms with Crippen LogP contribution in [-0.2, 0) is 0 Å². The third-order valence-electron chi connectivity index (χ3n) is 2.94. The van der Waals surface area contributed by atoms with Gasteiger partial charge in [0.1, 0.15) is 5.69 Å². The molecule has 22 heavy (non-hydrogen) atoms. The van der Waals surface area contributed by atoms with E-state index in [9.17, 15) is 4.79 Å². The van der Waals surface area contributed by atoms with Gasteiger partial charge in [0.2, 0.25) is 0 Å². The molecule has 0 aliphatic rings. The first kappa shape index (κ1) is 15.5. The first-order valence-electron chi connectivity index (χ1n) is 7.10. The largest absolute Gasteiger partial charge is 0.355 e. The monoisotopic (exact) mass is 294 g/mol. The van der Waals surface area contributed by atoms with Crippen molar-refractivity contribution in [3.05, 3.63) is 53.9 Å². The summed E-state index contributed by atoms with van der Waals surface area (Å²) >= 11 is 0. The van der Waals surface area contributed by atoms with E-state index in [1.807, 2.05) is 19.9 Å². The SMILES string of the molecule is CC(C)CNC(=O)c1cc(Nc2cccc(C#N)c2)ccn1. The van der Waals surface area contributed by atoms with Crippen molar-refractivity contribution in [1.82, 2.24) is 10.3 Å². The molecule has 0 saturated heterocycles. The Morgan fingerprint density at radius 3 is 2.77 bits per heavy atom. The number of amides is 1. The van der Waals surface area contributed by atoms with Gasteiger partial charge in [-0.25, -0.2) is 0 Å². The Bertz CT molecular complexity index is 704. The van der Waals surface area contributed by atoms with Crippen LogP contribution in [-0.4, -0.2) is 17.4 Å². The van der Waals surface area contributed by atoms with E-state index in [1.165, 1.54) is 0 Å². The molecular weight excluding hydrogens is 276 g/mol. The summed E-state index contributed by atoms with van der Waals surface area (Å²) in [6, 6.07) is 12.7. The number of nitrogens with one attached hydrogen (secondary N) is 2. The smallest absolute Gasteiger partial charge is 0.269 e. The number of carbonyl (C=O) groups excluding carboxylic acids is 1. The number of rotatable bonds is 5. The third-order valence-corrected chi connectivity index (χ3v) is 2.94. The Balaban J connectivity index is 2.11. The first-order chi connectivity index (χ1) is 10.6. The van der Waals surface area contributed by atoms with E-state index in [4.69, 9.17) is 5.26 Å². The molecule has 0 spiro atoms. The standard InChI is InChI=1S/C17H18N4O/c1-12(2)11-20-17(22)16-9-15(6-7-19-16)21-14-5-3-4-13(8-14)10-18/h3-9,12H,11H2,1-2H3,(H,19,21)(H,20,22). The highest BCUT2D eigenvalue weighted by Crippen LogP contribution is 2.17. The minimum absolute atomic E-state index is 0.192. The fourth-order valence-electron chi connectivity index (χ4n) is 1.85. The van der Waals surface area contributed by atoms with E-state index < -0.39 is 0 Å². The maximum atomic E-state index is 12.0. The zero-order chi connectivity index (χ0) is 15.9. The number of pyridine rings is 1. The zero-order valence-electron chi connectivity index (χ0n) is 12.6. The lowest BCUT2D eigenvalue weighted by molar-refractivity contribution is 0.0944. The number of benzene rings is 1. The lowest BCUT2D eigenvalue weighted by atomic mass is 10.2. The van der Waals surface area contributed by atoms with E-state index in [-0.39, 0.29) is 5.91 Å². The number of nitriles is 1. The Labute approximate surface area is 130 Å². The quantitative estimate of drug-likeness (QED) is 0.888. The average molecular weight is 294 g/mol. The van der Waals surface area contributed by atoms with Crippen LogP contribution in [0.5, 0.6) is 0 Å². The van der Waals surface area contributed by atoms with E-state index in [1.54, 1.807) is 36.5 Å². The Hall–Kier alpha value is -2.87. The second-order valence-electron chi connectivity index (χ2n) is 5.35. The summed E-state index contributed by atoms with van der Waals surface area (Å²) in [6.45, 7) is 4.68. The van der Waals surface area contributed by atoms with Crippen LogP contribution in [0.25, 0.3) is 0 Å². The fraction of sp³-hybridized carbons (Fsp3) is 0.235. The van der Waals surface area contributed by atoms with Crippen molar-refractivity contribution in [2.24, 2.45) is 5.92 Å². The van der Waals surface area contributed by atoms with Crippen LogP contribution in [0.1, 0.15) is 29.9 Å². The summed E-state index contributed by atoms with van der Waals surface area (Å²) in [5, 5.41) is 14.9. The normalized spacial score (nSPS) is 10.1. The van der Waals surface area contributed by atoms with Gasteiger partial charge in [0.15, 0.2) is 0 Å². The van der Waals surface area contributed by atoms with Crippen LogP contribution in [0, 0.1) is 17.2 Å². The molecule has 1 amide bonds. The zero-order valence-corrected chi connectivity index (χ0v) is 12.6. The highest BCUT2D eigenvalue weighted by molar-refractivity contribution is 5.93. The predicted octanol–water partition coefficient (Wildman–Crippen LogP) is 3.08. The minimum atomic E-state index is -0.192. The van der Waals surface area contributed by atoms with Crippen molar-refractivity contribution in [2.75, 3.05) is 11.9 Å². The van der Waals surface area contributed by atoms with Gasteiger partial charge in [-0.15, -0.1) is 0 Å². The lowest BCUT2D eigenvalue weighted by Gasteiger charge is -2.09. The van der Waals surface area contributed by atoms with Gasteiger partial charge < -0.3 is 10.6 Å². The molecule has 2 rings (SSSR count). The number of anilines is 2. The number of aromatic nitrogens is 1. The number of nitrogens with zero attached hydrogens (tertiary/aromatic N) is 2. The molecule has 1 aromatic carbocycles. The molecule has 112 valence electrons. The summed E-state index contributed by atoms with van der Waals surface area (Å²) < 4.78 is 0. The molecule has 0 unspecified atom stereocenters. The second kappa shape index (κ2) is 7.23. The van der Waals surface area contributed by atoms with Gasteiger partial charge in [0.25, 0.3) is 5.91 Å². The molecular formula is C17H18N4O. The highest BCUT2D eigenvalue weighted by atomic mass is 16.1. The summed E-state index contributed by atoms with van der Waals surface area (Å²) in [5.41, 5.74) is 2.48. The summed E-state index contributed by atoms with van der Waals surface area (Å²) in [4.78, 5) is 16.1.